The van der Waals surface area contributed by atoms with E-state index in [-0.39, 0.29) is 6.54 Å². The number of benzene rings is 1. The molecule has 7 nitrogen and oxygen atoms in total. The predicted octanol–water partition coefficient (Wildman–Crippen LogP) is 1.32. The standard InChI is InChI=1S/C15H12BrN3O4/c16-9-5-8(7-19-4-2-1-3-11(19)15(22)23)12-10(6-9)17-13(20)14(21)18-12/h1-6,11H,7H2,(H,17,20)(H,18,21)(H,22,23). The summed E-state index contributed by atoms with van der Waals surface area (Å²) in [7, 11) is 0. The van der Waals surface area contributed by atoms with Crippen molar-refractivity contribution in [2.75, 3.05) is 0 Å². The fourth-order valence-corrected chi connectivity index (χ4v) is 2.99. The van der Waals surface area contributed by atoms with Crippen molar-refractivity contribution in [3.05, 3.63) is 67.3 Å². The molecule has 2 aromatic rings. The van der Waals surface area contributed by atoms with Crippen molar-refractivity contribution >= 4 is 32.9 Å². The highest BCUT2D eigenvalue weighted by molar-refractivity contribution is 9.10. The Morgan fingerprint density at radius 2 is 1.96 bits per heavy atom. The van der Waals surface area contributed by atoms with Crippen molar-refractivity contribution in [1.82, 2.24) is 14.9 Å². The van der Waals surface area contributed by atoms with Crippen LogP contribution in [-0.2, 0) is 11.3 Å². The summed E-state index contributed by atoms with van der Waals surface area (Å²) in [5.74, 6) is -0.966. The Morgan fingerprint density at radius 1 is 1.22 bits per heavy atom. The number of nitrogens with one attached hydrogen (secondary N) is 2. The monoisotopic (exact) mass is 377 g/mol. The molecular formula is C15H12BrN3O4. The number of aromatic amines is 2. The Kier molecular flexibility index (Phi) is 3.91. The summed E-state index contributed by atoms with van der Waals surface area (Å²) in [5, 5.41) is 9.29. The first-order valence-corrected chi connectivity index (χ1v) is 7.53. The number of hydrogen-bond acceptors (Lipinski definition) is 4. The maximum atomic E-state index is 11.6. The molecule has 0 saturated carbocycles. The second-order valence-electron chi connectivity index (χ2n) is 5.08. The third-order valence-corrected chi connectivity index (χ3v) is 3.98. The molecule has 0 bridgehead atoms. The van der Waals surface area contributed by atoms with E-state index in [1.165, 1.54) is 0 Å². The topological polar surface area (TPSA) is 106 Å². The van der Waals surface area contributed by atoms with E-state index >= 15 is 0 Å². The minimum atomic E-state index is -0.966. The average molecular weight is 378 g/mol. The molecule has 0 spiro atoms. The maximum Gasteiger partial charge on any atom is 0.330 e. The van der Waals surface area contributed by atoms with Crippen molar-refractivity contribution in [3.63, 3.8) is 0 Å². The van der Waals surface area contributed by atoms with Crippen LogP contribution in [0.4, 0.5) is 0 Å². The number of H-pyrrole nitrogens is 2. The Morgan fingerprint density at radius 3 is 2.70 bits per heavy atom. The molecule has 2 heterocycles. The lowest BCUT2D eigenvalue weighted by Crippen LogP contribution is -2.37. The van der Waals surface area contributed by atoms with Crippen LogP contribution in [0, 0.1) is 0 Å². The van der Waals surface area contributed by atoms with E-state index < -0.39 is 23.1 Å². The summed E-state index contributed by atoms with van der Waals surface area (Å²) in [6.45, 7) is 0.260. The number of aliphatic carboxylic acids is 1. The van der Waals surface area contributed by atoms with Gasteiger partial charge in [0, 0.05) is 17.2 Å². The summed E-state index contributed by atoms with van der Waals surface area (Å²) < 4.78 is 0.714. The molecule has 3 rings (SSSR count). The number of fused-ring (bicyclic) bond motifs is 1. The van der Waals surface area contributed by atoms with Gasteiger partial charge in [-0.25, -0.2) is 4.79 Å². The number of aromatic nitrogens is 2. The first-order chi connectivity index (χ1) is 11.0. The van der Waals surface area contributed by atoms with Crippen LogP contribution in [0.25, 0.3) is 11.0 Å². The number of nitrogens with zero attached hydrogens (tertiary/aromatic N) is 1. The normalized spacial score (nSPS) is 16.9. The Labute approximate surface area is 138 Å². The highest BCUT2D eigenvalue weighted by Gasteiger charge is 2.22. The first-order valence-electron chi connectivity index (χ1n) is 6.74. The summed E-state index contributed by atoms with van der Waals surface area (Å²) in [6.07, 6.45) is 6.67. The van der Waals surface area contributed by atoms with Gasteiger partial charge in [0.2, 0.25) is 0 Å². The van der Waals surface area contributed by atoms with Crippen LogP contribution in [0.1, 0.15) is 5.56 Å². The van der Waals surface area contributed by atoms with Gasteiger partial charge in [-0.2, -0.15) is 0 Å². The molecule has 0 amide bonds. The average Bonchev–Trinajstić information content (AvgIpc) is 2.49. The number of allylic oxidation sites excluding steroid dienone is 2. The molecule has 1 unspecified atom stereocenters. The van der Waals surface area contributed by atoms with E-state index in [0.717, 1.165) is 0 Å². The van der Waals surface area contributed by atoms with Crippen molar-refractivity contribution in [2.24, 2.45) is 0 Å². The van der Waals surface area contributed by atoms with Gasteiger partial charge in [0.25, 0.3) is 0 Å². The van der Waals surface area contributed by atoms with Gasteiger partial charge in [0.1, 0.15) is 6.04 Å². The SMILES string of the molecule is O=C(O)C1C=CC=CN1Cc1cc(Br)cc2[nH]c(=O)c(=O)[nH]c12. The lowest BCUT2D eigenvalue weighted by molar-refractivity contribution is -0.140. The van der Waals surface area contributed by atoms with Crippen LogP contribution in [0.5, 0.6) is 0 Å². The third-order valence-electron chi connectivity index (χ3n) is 3.52. The zero-order chi connectivity index (χ0) is 16.6. The molecule has 0 aliphatic carbocycles. The first kappa shape index (κ1) is 15.3. The molecule has 0 saturated heterocycles. The van der Waals surface area contributed by atoms with Crippen LogP contribution in [0.15, 0.2) is 50.6 Å². The van der Waals surface area contributed by atoms with E-state index in [4.69, 9.17) is 0 Å². The number of carboxylic acids is 1. The van der Waals surface area contributed by atoms with Gasteiger partial charge >= 0.3 is 17.1 Å². The second kappa shape index (κ2) is 5.88. The number of carboxylic acid groups (broad SMARTS) is 1. The zero-order valence-corrected chi connectivity index (χ0v) is 13.3. The molecule has 0 radical (unpaired) electrons. The summed E-state index contributed by atoms with van der Waals surface area (Å²) >= 11 is 3.35. The summed E-state index contributed by atoms with van der Waals surface area (Å²) in [6, 6.07) is 2.67. The molecule has 23 heavy (non-hydrogen) atoms. The van der Waals surface area contributed by atoms with Gasteiger partial charge in [-0.15, -0.1) is 0 Å². The van der Waals surface area contributed by atoms with Crippen LogP contribution < -0.4 is 11.1 Å². The number of rotatable bonds is 3. The highest BCUT2D eigenvalue weighted by Crippen LogP contribution is 2.23. The van der Waals surface area contributed by atoms with Crippen LogP contribution in [-0.4, -0.2) is 32.0 Å². The number of hydrogen-bond donors (Lipinski definition) is 3. The molecule has 0 fully saturated rings. The molecule has 1 aromatic carbocycles. The molecule has 1 aromatic heterocycles. The molecular weight excluding hydrogens is 366 g/mol. The highest BCUT2D eigenvalue weighted by atomic mass is 79.9. The lowest BCUT2D eigenvalue weighted by atomic mass is 10.1. The molecule has 1 aliphatic rings. The van der Waals surface area contributed by atoms with Gasteiger partial charge in [-0.3, -0.25) is 9.59 Å². The van der Waals surface area contributed by atoms with Gasteiger partial charge in [0.15, 0.2) is 0 Å². The minimum Gasteiger partial charge on any atom is -0.479 e. The predicted molar refractivity (Wildman–Crippen MR) is 88.1 cm³/mol. The minimum absolute atomic E-state index is 0.260. The number of carbonyl (C=O) groups is 1. The van der Waals surface area contributed by atoms with E-state index in [0.29, 0.717) is 21.1 Å². The van der Waals surface area contributed by atoms with Crippen molar-refractivity contribution < 1.29 is 9.90 Å². The molecule has 3 N–H and O–H groups in total. The van der Waals surface area contributed by atoms with Crippen molar-refractivity contribution in [1.29, 1.82) is 0 Å². The smallest absolute Gasteiger partial charge is 0.330 e. The summed E-state index contributed by atoms with van der Waals surface area (Å²) in [5.41, 5.74) is 0.164. The van der Waals surface area contributed by atoms with Gasteiger partial charge in [0.05, 0.1) is 11.0 Å². The van der Waals surface area contributed by atoms with Crippen LogP contribution >= 0.6 is 15.9 Å². The number of halogens is 1. The van der Waals surface area contributed by atoms with E-state index in [1.54, 1.807) is 41.5 Å². The van der Waals surface area contributed by atoms with E-state index in [2.05, 4.69) is 25.9 Å². The van der Waals surface area contributed by atoms with Gasteiger partial charge < -0.3 is 20.0 Å². The molecule has 1 atom stereocenters. The molecule has 1 aliphatic heterocycles. The Balaban J connectivity index is 2.09. The van der Waals surface area contributed by atoms with Crippen LogP contribution in [0.3, 0.4) is 0 Å². The van der Waals surface area contributed by atoms with Crippen molar-refractivity contribution in [2.45, 2.75) is 12.6 Å². The maximum absolute atomic E-state index is 11.6. The quantitative estimate of drug-likeness (QED) is 0.699. The largest absolute Gasteiger partial charge is 0.479 e. The zero-order valence-electron chi connectivity index (χ0n) is 11.7. The fourth-order valence-electron chi connectivity index (χ4n) is 2.49. The molecule has 118 valence electrons. The van der Waals surface area contributed by atoms with E-state index in [9.17, 15) is 19.5 Å². The Bertz CT molecular complexity index is 957. The molecule has 8 heteroatoms. The Hall–Kier alpha value is -2.61. The fraction of sp³-hybridized carbons (Fsp3) is 0.133. The third kappa shape index (κ3) is 2.98. The second-order valence-corrected chi connectivity index (χ2v) is 5.99. The van der Waals surface area contributed by atoms with Gasteiger partial charge in [-0.1, -0.05) is 28.1 Å². The lowest BCUT2D eigenvalue weighted by Gasteiger charge is -2.27. The van der Waals surface area contributed by atoms with Crippen LogP contribution in [0.2, 0.25) is 0 Å². The van der Waals surface area contributed by atoms with Crippen molar-refractivity contribution in [3.8, 4) is 0 Å². The van der Waals surface area contributed by atoms with Gasteiger partial charge in [-0.05, 0) is 23.8 Å². The van der Waals surface area contributed by atoms with E-state index in [1.807, 2.05) is 0 Å². The summed E-state index contributed by atoms with van der Waals surface area (Å²) in [4.78, 5) is 41.1.